The van der Waals surface area contributed by atoms with Crippen LogP contribution in [0.1, 0.15) is 21.6 Å². The van der Waals surface area contributed by atoms with E-state index in [9.17, 15) is 18.0 Å². The van der Waals surface area contributed by atoms with Gasteiger partial charge in [0, 0.05) is 16.5 Å². The molecule has 21 heavy (non-hydrogen) atoms. The highest BCUT2D eigenvalue weighted by Crippen LogP contribution is 2.36. The third kappa shape index (κ3) is 2.31. The molecule has 0 amide bonds. The van der Waals surface area contributed by atoms with E-state index in [1.807, 2.05) is 0 Å². The van der Waals surface area contributed by atoms with Gasteiger partial charge in [0.25, 0.3) is 0 Å². The molecule has 0 saturated carbocycles. The Bertz CT molecular complexity index is 803. The lowest BCUT2D eigenvalue weighted by molar-refractivity contribution is -0.140. The summed E-state index contributed by atoms with van der Waals surface area (Å²) in [4.78, 5) is 14.8. The van der Waals surface area contributed by atoms with Gasteiger partial charge in [0.05, 0.1) is 5.56 Å². The summed E-state index contributed by atoms with van der Waals surface area (Å²) in [7, 11) is 0. The Kier molecular flexibility index (Phi) is 3.05. The van der Waals surface area contributed by atoms with Gasteiger partial charge in [-0.05, 0) is 6.07 Å². The molecule has 3 rings (SSSR count). The Morgan fingerprint density at radius 3 is 2.19 bits per heavy atom. The van der Waals surface area contributed by atoms with Crippen molar-refractivity contribution in [1.82, 2.24) is 4.98 Å². The van der Waals surface area contributed by atoms with Crippen LogP contribution in [-0.4, -0.2) is 10.8 Å². The van der Waals surface area contributed by atoms with Gasteiger partial charge in [-0.15, -0.1) is 0 Å². The molecule has 0 fully saturated rings. The predicted molar refractivity (Wildman–Crippen MR) is 73.2 cm³/mol. The Balaban J connectivity index is 2.28. The van der Waals surface area contributed by atoms with Gasteiger partial charge >= 0.3 is 6.18 Å². The molecule has 0 saturated heterocycles. The molecular weight excluding hydrogens is 279 g/mol. The van der Waals surface area contributed by atoms with Crippen molar-refractivity contribution >= 4 is 16.7 Å². The van der Waals surface area contributed by atoms with Crippen molar-refractivity contribution in [2.24, 2.45) is 0 Å². The van der Waals surface area contributed by atoms with Crippen LogP contribution in [0.2, 0.25) is 0 Å². The quantitative estimate of drug-likeness (QED) is 0.696. The van der Waals surface area contributed by atoms with Gasteiger partial charge in [0.15, 0.2) is 5.78 Å². The summed E-state index contributed by atoms with van der Waals surface area (Å²) in [6.07, 6.45) is -4.61. The number of H-pyrrole nitrogens is 1. The van der Waals surface area contributed by atoms with Crippen molar-refractivity contribution in [3.63, 3.8) is 0 Å². The summed E-state index contributed by atoms with van der Waals surface area (Å²) in [6.45, 7) is 0. The second-order valence-electron chi connectivity index (χ2n) is 4.61. The minimum absolute atomic E-state index is 0.229. The minimum atomic E-state index is -4.61. The first kappa shape index (κ1) is 13.4. The Labute approximate surface area is 118 Å². The molecule has 0 aliphatic rings. The number of para-hydroxylation sites is 1. The Morgan fingerprint density at radius 1 is 0.905 bits per heavy atom. The molecule has 0 aliphatic carbocycles. The van der Waals surface area contributed by atoms with Gasteiger partial charge in [0.2, 0.25) is 0 Å². The first-order valence-corrected chi connectivity index (χ1v) is 6.26. The third-order valence-electron chi connectivity index (χ3n) is 3.25. The van der Waals surface area contributed by atoms with Crippen LogP contribution in [0.4, 0.5) is 13.2 Å². The zero-order valence-corrected chi connectivity index (χ0v) is 10.7. The summed E-state index contributed by atoms with van der Waals surface area (Å²) in [5, 5.41) is 0.277. The molecule has 2 aromatic carbocycles. The van der Waals surface area contributed by atoms with E-state index in [1.54, 1.807) is 30.3 Å². The zero-order valence-electron chi connectivity index (χ0n) is 10.7. The third-order valence-corrected chi connectivity index (χ3v) is 3.25. The largest absolute Gasteiger partial charge is 0.432 e. The van der Waals surface area contributed by atoms with E-state index in [1.165, 1.54) is 24.3 Å². The van der Waals surface area contributed by atoms with Crippen LogP contribution in [0, 0.1) is 0 Å². The van der Waals surface area contributed by atoms with Gasteiger partial charge in [-0.1, -0.05) is 48.5 Å². The fraction of sp³-hybridized carbons (Fsp3) is 0.0625. The average Bonchev–Trinajstić information content (AvgIpc) is 2.87. The Hall–Kier alpha value is -2.56. The number of alkyl halides is 3. The predicted octanol–water partition coefficient (Wildman–Crippen LogP) is 4.42. The number of fused-ring (bicyclic) bond motifs is 1. The summed E-state index contributed by atoms with van der Waals surface area (Å²) in [5.74, 6) is -0.639. The summed E-state index contributed by atoms with van der Waals surface area (Å²) in [5.41, 5.74) is -0.807. The number of halogens is 3. The number of carbonyl (C=O) groups excluding carboxylic acids is 1. The maximum atomic E-state index is 13.2. The standard InChI is InChI=1S/C16H10F3NO/c17-16(18,19)15-13(11-8-4-5-9-12(11)20-15)14(21)10-6-2-1-3-7-10/h1-9,20H. The lowest BCUT2D eigenvalue weighted by Gasteiger charge is -2.07. The molecule has 1 heterocycles. The van der Waals surface area contributed by atoms with Crippen molar-refractivity contribution in [3.05, 3.63) is 71.4 Å². The van der Waals surface area contributed by atoms with Crippen LogP contribution >= 0.6 is 0 Å². The maximum absolute atomic E-state index is 13.2. The second kappa shape index (κ2) is 4.77. The van der Waals surface area contributed by atoms with E-state index >= 15 is 0 Å². The molecule has 0 unspecified atom stereocenters. The molecule has 0 spiro atoms. The molecule has 1 N–H and O–H groups in total. The summed E-state index contributed by atoms with van der Waals surface area (Å²) in [6, 6.07) is 14.2. The lowest BCUT2D eigenvalue weighted by Crippen LogP contribution is -2.13. The first-order valence-electron chi connectivity index (χ1n) is 6.26. The number of carbonyl (C=O) groups is 1. The van der Waals surface area contributed by atoms with Crippen LogP contribution in [-0.2, 0) is 6.18 Å². The highest BCUT2D eigenvalue weighted by Gasteiger charge is 2.38. The van der Waals surface area contributed by atoms with Crippen molar-refractivity contribution in [2.45, 2.75) is 6.18 Å². The van der Waals surface area contributed by atoms with Crippen LogP contribution in [0.5, 0.6) is 0 Å². The van der Waals surface area contributed by atoms with Crippen molar-refractivity contribution in [3.8, 4) is 0 Å². The maximum Gasteiger partial charge on any atom is 0.432 e. The number of hydrogen-bond acceptors (Lipinski definition) is 1. The molecule has 2 nitrogen and oxygen atoms in total. The van der Waals surface area contributed by atoms with Crippen LogP contribution < -0.4 is 0 Å². The number of hydrogen-bond donors (Lipinski definition) is 1. The van der Waals surface area contributed by atoms with Gasteiger partial charge in [-0.3, -0.25) is 4.79 Å². The summed E-state index contributed by atoms with van der Waals surface area (Å²) < 4.78 is 39.5. The number of rotatable bonds is 2. The normalized spacial score (nSPS) is 11.8. The van der Waals surface area contributed by atoms with E-state index in [2.05, 4.69) is 4.98 Å². The highest BCUT2D eigenvalue weighted by molar-refractivity contribution is 6.17. The van der Waals surface area contributed by atoms with Gasteiger partial charge < -0.3 is 4.98 Å². The van der Waals surface area contributed by atoms with Crippen molar-refractivity contribution < 1.29 is 18.0 Å². The average molecular weight is 289 g/mol. The monoisotopic (exact) mass is 289 g/mol. The van der Waals surface area contributed by atoms with Crippen LogP contribution in [0.3, 0.4) is 0 Å². The Morgan fingerprint density at radius 2 is 1.52 bits per heavy atom. The molecule has 5 heteroatoms. The first-order chi connectivity index (χ1) is 9.98. The van der Waals surface area contributed by atoms with Gasteiger partial charge in [-0.25, -0.2) is 0 Å². The number of aromatic nitrogens is 1. The van der Waals surface area contributed by atoms with Gasteiger partial charge in [-0.2, -0.15) is 13.2 Å². The lowest BCUT2D eigenvalue weighted by atomic mass is 10.00. The van der Waals surface area contributed by atoms with E-state index in [0.717, 1.165) is 0 Å². The molecule has 3 aromatic rings. The number of nitrogens with one attached hydrogen (secondary N) is 1. The summed E-state index contributed by atoms with van der Waals surface area (Å²) >= 11 is 0. The number of benzene rings is 2. The highest BCUT2D eigenvalue weighted by atomic mass is 19.4. The van der Waals surface area contributed by atoms with E-state index in [0.29, 0.717) is 5.52 Å². The van der Waals surface area contributed by atoms with E-state index < -0.39 is 17.7 Å². The fourth-order valence-electron chi connectivity index (χ4n) is 2.32. The smallest absolute Gasteiger partial charge is 0.350 e. The molecular formula is C16H10F3NO. The molecule has 0 bridgehead atoms. The van der Waals surface area contributed by atoms with Crippen molar-refractivity contribution in [1.29, 1.82) is 0 Å². The van der Waals surface area contributed by atoms with E-state index in [-0.39, 0.29) is 16.5 Å². The van der Waals surface area contributed by atoms with Crippen molar-refractivity contribution in [2.75, 3.05) is 0 Å². The number of ketones is 1. The van der Waals surface area contributed by atoms with E-state index in [4.69, 9.17) is 0 Å². The van der Waals surface area contributed by atoms with Gasteiger partial charge in [0.1, 0.15) is 5.69 Å². The SMILES string of the molecule is O=C(c1ccccc1)c1c(C(F)(F)F)[nH]c2ccccc12. The molecule has 1 aromatic heterocycles. The fourth-order valence-corrected chi connectivity index (χ4v) is 2.32. The number of aromatic amines is 1. The van der Waals surface area contributed by atoms with Crippen LogP contribution in [0.15, 0.2) is 54.6 Å². The topological polar surface area (TPSA) is 32.9 Å². The molecule has 106 valence electrons. The molecule has 0 atom stereocenters. The molecule has 0 radical (unpaired) electrons. The van der Waals surface area contributed by atoms with Crippen LogP contribution in [0.25, 0.3) is 10.9 Å². The zero-order chi connectivity index (χ0) is 15.0. The second-order valence-corrected chi connectivity index (χ2v) is 4.61. The molecule has 0 aliphatic heterocycles. The minimum Gasteiger partial charge on any atom is -0.350 e.